The number of benzene rings is 2. The van der Waals surface area contributed by atoms with Gasteiger partial charge in [-0.05, 0) is 36.8 Å². The van der Waals surface area contributed by atoms with E-state index >= 15 is 0 Å². The summed E-state index contributed by atoms with van der Waals surface area (Å²) < 4.78 is 1.06. The van der Waals surface area contributed by atoms with Crippen molar-refractivity contribution in [1.29, 1.82) is 5.41 Å². The van der Waals surface area contributed by atoms with Crippen LogP contribution in [-0.4, -0.2) is 5.84 Å². The molecule has 18 heavy (non-hydrogen) atoms. The summed E-state index contributed by atoms with van der Waals surface area (Å²) in [5, 5.41) is 7.63. The summed E-state index contributed by atoms with van der Waals surface area (Å²) in [7, 11) is 0. The summed E-state index contributed by atoms with van der Waals surface area (Å²) in [5.41, 5.74) is 7.55. The lowest BCUT2D eigenvalue weighted by Crippen LogP contribution is -2.12. The first-order valence-electron chi connectivity index (χ1n) is 5.45. The fraction of sp³-hybridized carbons (Fsp3) is 0.0714. The molecule has 2 aromatic carbocycles. The molecule has 0 radical (unpaired) electrons. The van der Waals surface area contributed by atoms with Crippen LogP contribution in [0.15, 0.2) is 56.7 Å². The molecule has 0 aliphatic heterocycles. The lowest BCUT2D eigenvalue weighted by atomic mass is 10.1. The average molecular weight is 321 g/mol. The Labute approximate surface area is 119 Å². The Morgan fingerprint density at radius 2 is 1.83 bits per heavy atom. The van der Waals surface area contributed by atoms with E-state index < -0.39 is 0 Å². The zero-order chi connectivity index (χ0) is 13.1. The Bertz CT molecular complexity index is 579. The van der Waals surface area contributed by atoms with Crippen molar-refractivity contribution >= 4 is 33.5 Å². The van der Waals surface area contributed by atoms with Crippen LogP contribution >= 0.6 is 27.7 Å². The van der Waals surface area contributed by atoms with E-state index in [0.717, 1.165) is 25.4 Å². The molecule has 0 heterocycles. The molecule has 3 N–H and O–H groups in total. The molecule has 2 nitrogen and oxygen atoms in total. The van der Waals surface area contributed by atoms with E-state index in [4.69, 9.17) is 11.1 Å². The maximum absolute atomic E-state index is 7.63. The molecule has 0 aliphatic carbocycles. The number of halogens is 1. The molecule has 0 unspecified atom stereocenters. The van der Waals surface area contributed by atoms with Gasteiger partial charge in [0, 0.05) is 19.8 Å². The molecule has 2 aromatic rings. The maximum atomic E-state index is 7.63. The number of rotatable bonds is 3. The summed E-state index contributed by atoms with van der Waals surface area (Å²) in [4.78, 5) is 2.18. The van der Waals surface area contributed by atoms with Gasteiger partial charge in [-0.3, -0.25) is 5.41 Å². The van der Waals surface area contributed by atoms with E-state index in [1.165, 1.54) is 0 Å². The normalized spacial score (nSPS) is 10.3. The first-order valence-corrected chi connectivity index (χ1v) is 7.06. The molecular formula is C14H13BrN2S. The highest BCUT2D eigenvalue weighted by atomic mass is 79.9. The second-order valence-corrected chi connectivity index (χ2v) is 5.92. The van der Waals surface area contributed by atoms with Crippen molar-refractivity contribution in [1.82, 2.24) is 0 Å². The molecular weight excluding hydrogens is 308 g/mol. The van der Waals surface area contributed by atoms with E-state index in [9.17, 15) is 0 Å². The van der Waals surface area contributed by atoms with Crippen LogP contribution in [0.4, 0.5) is 0 Å². The molecule has 0 amide bonds. The molecule has 0 aromatic heterocycles. The molecule has 92 valence electrons. The van der Waals surface area contributed by atoms with Crippen LogP contribution in [0.2, 0.25) is 0 Å². The van der Waals surface area contributed by atoms with Gasteiger partial charge in [0.05, 0.1) is 0 Å². The zero-order valence-corrected chi connectivity index (χ0v) is 12.3. The molecule has 4 heteroatoms. The standard InChI is InChI=1S/C14H13BrN2S/c1-9-3-2-4-12(14(16)17)13(9)18-11-7-5-10(15)6-8-11/h2-8H,1H3,(H3,16,17). The quantitative estimate of drug-likeness (QED) is 0.658. The van der Waals surface area contributed by atoms with Gasteiger partial charge >= 0.3 is 0 Å². The maximum Gasteiger partial charge on any atom is 0.123 e. The highest BCUT2D eigenvalue weighted by Gasteiger charge is 2.09. The van der Waals surface area contributed by atoms with E-state index in [2.05, 4.69) is 15.9 Å². The highest BCUT2D eigenvalue weighted by Crippen LogP contribution is 2.33. The molecule has 0 saturated heterocycles. The third kappa shape index (κ3) is 2.94. The number of nitrogens with two attached hydrogens (primary N) is 1. The topological polar surface area (TPSA) is 49.9 Å². The Morgan fingerprint density at radius 1 is 1.17 bits per heavy atom. The highest BCUT2D eigenvalue weighted by molar-refractivity contribution is 9.10. The van der Waals surface area contributed by atoms with Gasteiger partial charge in [-0.25, -0.2) is 0 Å². The summed E-state index contributed by atoms with van der Waals surface area (Å²) >= 11 is 5.06. The van der Waals surface area contributed by atoms with Crippen molar-refractivity contribution < 1.29 is 0 Å². The lowest BCUT2D eigenvalue weighted by molar-refractivity contribution is 1.25. The number of hydrogen-bond donors (Lipinski definition) is 2. The Morgan fingerprint density at radius 3 is 2.44 bits per heavy atom. The van der Waals surface area contributed by atoms with Gasteiger partial charge < -0.3 is 5.73 Å². The number of amidine groups is 1. The number of nitrogen functional groups attached to an aromatic ring is 1. The minimum absolute atomic E-state index is 0.110. The van der Waals surface area contributed by atoms with Crippen molar-refractivity contribution in [3.8, 4) is 0 Å². The summed E-state index contributed by atoms with van der Waals surface area (Å²) in [6.45, 7) is 2.04. The van der Waals surface area contributed by atoms with Crippen LogP contribution in [0, 0.1) is 12.3 Å². The van der Waals surface area contributed by atoms with E-state index in [1.54, 1.807) is 11.8 Å². The number of hydrogen-bond acceptors (Lipinski definition) is 2. The van der Waals surface area contributed by atoms with Crippen molar-refractivity contribution in [3.05, 3.63) is 58.1 Å². The largest absolute Gasteiger partial charge is 0.384 e. The van der Waals surface area contributed by atoms with Gasteiger partial charge in [0.2, 0.25) is 0 Å². The average Bonchev–Trinajstić information content (AvgIpc) is 2.34. The van der Waals surface area contributed by atoms with E-state index in [-0.39, 0.29) is 5.84 Å². The van der Waals surface area contributed by atoms with Crippen LogP contribution in [0.25, 0.3) is 0 Å². The first-order chi connectivity index (χ1) is 8.58. The van der Waals surface area contributed by atoms with Gasteiger partial charge in [0.1, 0.15) is 5.84 Å². The fourth-order valence-corrected chi connectivity index (χ4v) is 2.91. The zero-order valence-electron chi connectivity index (χ0n) is 9.91. The van der Waals surface area contributed by atoms with Gasteiger partial charge in [-0.2, -0.15) is 0 Å². The Hall–Kier alpha value is -1.26. The SMILES string of the molecule is Cc1cccc(C(=N)N)c1Sc1ccc(Br)cc1. The Balaban J connectivity index is 2.39. The monoisotopic (exact) mass is 320 g/mol. The van der Waals surface area contributed by atoms with Crippen molar-refractivity contribution in [2.45, 2.75) is 16.7 Å². The fourth-order valence-electron chi connectivity index (χ4n) is 1.62. The van der Waals surface area contributed by atoms with Crippen LogP contribution in [0.1, 0.15) is 11.1 Å². The number of nitrogens with one attached hydrogen (secondary N) is 1. The molecule has 2 rings (SSSR count). The van der Waals surface area contributed by atoms with Gasteiger partial charge in [0.15, 0.2) is 0 Å². The molecule has 0 fully saturated rings. The molecule has 0 atom stereocenters. The second-order valence-electron chi connectivity index (χ2n) is 3.92. The van der Waals surface area contributed by atoms with Crippen LogP contribution in [0.5, 0.6) is 0 Å². The number of aryl methyl sites for hydroxylation is 1. The van der Waals surface area contributed by atoms with Gasteiger partial charge in [0.25, 0.3) is 0 Å². The molecule has 0 saturated carbocycles. The Kier molecular flexibility index (Phi) is 4.09. The van der Waals surface area contributed by atoms with Gasteiger partial charge in [-0.15, -0.1) is 0 Å². The van der Waals surface area contributed by atoms with Crippen LogP contribution < -0.4 is 5.73 Å². The first kappa shape index (κ1) is 13.2. The van der Waals surface area contributed by atoms with E-state index in [1.807, 2.05) is 49.4 Å². The minimum atomic E-state index is 0.110. The van der Waals surface area contributed by atoms with Crippen LogP contribution in [-0.2, 0) is 0 Å². The van der Waals surface area contributed by atoms with E-state index in [0.29, 0.717) is 0 Å². The van der Waals surface area contributed by atoms with Crippen molar-refractivity contribution in [2.24, 2.45) is 5.73 Å². The molecule has 0 aliphatic rings. The predicted molar refractivity (Wildman–Crippen MR) is 80.5 cm³/mol. The second kappa shape index (κ2) is 5.59. The minimum Gasteiger partial charge on any atom is -0.384 e. The van der Waals surface area contributed by atoms with Crippen molar-refractivity contribution in [3.63, 3.8) is 0 Å². The third-order valence-electron chi connectivity index (χ3n) is 2.54. The summed E-state index contributed by atoms with van der Waals surface area (Å²) in [6.07, 6.45) is 0. The molecule has 0 spiro atoms. The summed E-state index contributed by atoms with van der Waals surface area (Å²) in [5.74, 6) is 0.110. The predicted octanol–water partition coefficient (Wildman–Crippen LogP) is 4.19. The van der Waals surface area contributed by atoms with Crippen LogP contribution in [0.3, 0.4) is 0 Å². The van der Waals surface area contributed by atoms with Crippen molar-refractivity contribution in [2.75, 3.05) is 0 Å². The summed E-state index contributed by atoms with van der Waals surface area (Å²) in [6, 6.07) is 14.0. The smallest absolute Gasteiger partial charge is 0.123 e. The van der Waals surface area contributed by atoms with Gasteiger partial charge in [-0.1, -0.05) is 45.9 Å². The molecule has 0 bridgehead atoms. The third-order valence-corrected chi connectivity index (χ3v) is 4.32. The lowest BCUT2D eigenvalue weighted by Gasteiger charge is -2.11.